The molecule has 0 spiro atoms. The lowest BCUT2D eigenvalue weighted by atomic mass is 10.2. The summed E-state index contributed by atoms with van der Waals surface area (Å²) in [6.07, 6.45) is 1.47. The van der Waals surface area contributed by atoms with Crippen molar-refractivity contribution in [1.29, 1.82) is 0 Å². The number of nitrogens with one attached hydrogen (secondary N) is 1. The van der Waals surface area contributed by atoms with Crippen molar-refractivity contribution in [1.82, 2.24) is 10.2 Å². The Hall–Kier alpha value is -1.12. The number of rotatable bonds is 3. The lowest BCUT2D eigenvalue weighted by molar-refractivity contribution is 0.0977. The molecular formula is C8H12N2O. The third kappa shape index (κ3) is 1.90. The number of hydrogen-bond acceptors (Lipinski definition) is 2. The predicted octanol–water partition coefficient (Wildman–Crippen LogP) is 1.70. The van der Waals surface area contributed by atoms with Crippen LogP contribution in [-0.4, -0.2) is 16.0 Å². The van der Waals surface area contributed by atoms with Gasteiger partial charge < -0.3 is 0 Å². The van der Waals surface area contributed by atoms with Crippen LogP contribution in [0.25, 0.3) is 0 Å². The van der Waals surface area contributed by atoms with Crippen LogP contribution in [-0.2, 0) is 0 Å². The monoisotopic (exact) mass is 152 g/mol. The fourth-order valence-electron chi connectivity index (χ4n) is 0.916. The number of aryl methyl sites for hydroxylation is 1. The first kappa shape index (κ1) is 7.98. The minimum Gasteiger partial charge on any atom is -0.292 e. The molecule has 0 aromatic carbocycles. The van der Waals surface area contributed by atoms with Gasteiger partial charge in [0, 0.05) is 12.1 Å². The van der Waals surface area contributed by atoms with Gasteiger partial charge in [0.1, 0.15) is 5.69 Å². The van der Waals surface area contributed by atoms with Crippen LogP contribution in [0.1, 0.15) is 35.9 Å². The highest BCUT2D eigenvalue weighted by Crippen LogP contribution is 2.02. The second-order valence-corrected chi connectivity index (χ2v) is 2.61. The molecule has 1 heterocycles. The summed E-state index contributed by atoms with van der Waals surface area (Å²) in [5.41, 5.74) is 1.49. The third-order valence-corrected chi connectivity index (χ3v) is 1.47. The van der Waals surface area contributed by atoms with Crippen molar-refractivity contribution in [3.05, 3.63) is 17.5 Å². The number of Topliss-reactive ketones (excluding diaryl/α,β-unsaturated/α-hetero) is 1. The van der Waals surface area contributed by atoms with Crippen LogP contribution in [0.15, 0.2) is 6.07 Å². The lowest BCUT2D eigenvalue weighted by Crippen LogP contribution is -1.97. The number of ketones is 1. The molecule has 11 heavy (non-hydrogen) atoms. The first-order valence-corrected chi connectivity index (χ1v) is 3.79. The average molecular weight is 152 g/mol. The van der Waals surface area contributed by atoms with Crippen molar-refractivity contribution >= 4 is 5.78 Å². The molecule has 0 bridgehead atoms. The number of aromatic nitrogens is 2. The van der Waals surface area contributed by atoms with E-state index in [1.165, 1.54) is 0 Å². The van der Waals surface area contributed by atoms with Crippen molar-refractivity contribution in [2.45, 2.75) is 26.7 Å². The van der Waals surface area contributed by atoms with Crippen LogP contribution in [0.4, 0.5) is 0 Å². The standard InChI is InChI=1S/C8H12N2O/c1-3-4-8(11)7-5-6(2)9-10-7/h5H,3-4H2,1-2H3,(H,9,10). The van der Waals surface area contributed by atoms with Gasteiger partial charge in [0.25, 0.3) is 0 Å². The zero-order valence-electron chi connectivity index (χ0n) is 6.85. The van der Waals surface area contributed by atoms with Gasteiger partial charge in [0.2, 0.25) is 0 Å². The number of nitrogens with zero attached hydrogens (tertiary/aromatic N) is 1. The summed E-state index contributed by atoms with van der Waals surface area (Å²) >= 11 is 0. The first-order valence-electron chi connectivity index (χ1n) is 3.79. The number of hydrogen-bond donors (Lipinski definition) is 1. The molecule has 1 N–H and O–H groups in total. The van der Waals surface area contributed by atoms with Crippen LogP contribution in [0.5, 0.6) is 0 Å². The van der Waals surface area contributed by atoms with Gasteiger partial charge in [-0.2, -0.15) is 5.10 Å². The molecule has 0 unspecified atom stereocenters. The number of aromatic amines is 1. The van der Waals surface area contributed by atoms with E-state index in [4.69, 9.17) is 0 Å². The maximum Gasteiger partial charge on any atom is 0.183 e. The largest absolute Gasteiger partial charge is 0.292 e. The predicted molar refractivity (Wildman–Crippen MR) is 42.6 cm³/mol. The average Bonchev–Trinajstić information content (AvgIpc) is 2.36. The van der Waals surface area contributed by atoms with E-state index < -0.39 is 0 Å². The summed E-state index contributed by atoms with van der Waals surface area (Å²) in [6, 6.07) is 1.78. The molecule has 0 saturated heterocycles. The third-order valence-electron chi connectivity index (χ3n) is 1.47. The van der Waals surface area contributed by atoms with Gasteiger partial charge in [-0.25, -0.2) is 0 Å². The van der Waals surface area contributed by atoms with Crippen molar-refractivity contribution in [3.8, 4) is 0 Å². The summed E-state index contributed by atoms with van der Waals surface area (Å²) in [4.78, 5) is 11.2. The van der Waals surface area contributed by atoms with E-state index in [2.05, 4.69) is 10.2 Å². The maximum atomic E-state index is 11.2. The minimum atomic E-state index is 0.122. The molecule has 1 rings (SSSR count). The van der Waals surface area contributed by atoms with Crippen molar-refractivity contribution in [3.63, 3.8) is 0 Å². The van der Waals surface area contributed by atoms with E-state index in [9.17, 15) is 4.79 Å². The highest BCUT2D eigenvalue weighted by Gasteiger charge is 2.06. The Balaban J connectivity index is 2.69. The van der Waals surface area contributed by atoms with Crippen molar-refractivity contribution in [2.24, 2.45) is 0 Å². The molecule has 0 radical (unpaired) electrons. The van der Waals surface area contributed by atoms with E-state index in [-0.39, 0.29) is 5.78 Å². The van der Waals surface area contributed by atoms with Gasteiger partial charge in [-0.15, -0.1) is 0 Å². The van der Waals surface area contributed by atoms with Crippen molar-refractivity contribution < 1.29 is 4.79 Å². The van der Waals surface area contributed by atoms with Gasteiger partial charge >= 0.3 is 0 Å². The van der Waals surface area contributed by atoms with Gasteiger partial charge in [-0.1, -0.05) is 6.92 Å². The van der Waals surface area contributed by atoms with Crippen LogP contribution in [0.2, 0.25) is 0 Å². The molecule has 0 aliphatic carbocycles. The molecule has 1 aromatic rings. The Bertz CT molecular complexity index is 252. The normalized spacial score (nSPS) is 10.0. The van der Waals surface area contributed by atoms with Crippen molar-refractivity contribution in [2.75, 3.05) is 0 Å². The van der Waals surface area contributed by atoms with Crippen LogP contribution in [0, 0.1) is 6.92 Å². The fraction of sp³-hybridized carbons (Fsp3) is 0.500. The highest BCUT2D eigenvalue weighted by molar-refractivity contribution is 5.94. The number of carbonyl (C=O) groups excluding carboxylic acids is 1. The van der Waals surface area contributed by atoms with Crippen LogP contribution in [0.3, 0.4) is 0 Å². The zero-order chi connectivity index (χ0) is 8.27. The van der Waals surface area contributed by atoms with E-state index in [0.717, 1.165) is 12.1 Å². The molecule has 60 valence electrons. The van der Waals surface area contributed by atoms with Gasteiger partial charge in [-0.05, 0) is 19.4 Å². The Morgan fingerprint density at radius 2 is 2.45 bits per heavy atom. The molecule has 0 fully saturated rings. The van der Waals surface area contributed by atoms with Gasteiger partial charge in [-0.3, -0.25) is 9.89 Å². The molecule has 0 saturated carbocycles. The number of H-pyrrole nitrogens is 1. The summed E-state index contributed by atoms with van der Waals surface area (Å²) < 4.78 is 0. The van der Waals surface area contributed by atoms with Gasteiger partial charge in [0.05, 0.1) is 0 Å². The summed E-state index contributed by atoms with van der Waals surface area (Å²) in [6.45, 7) is 3.87. The van der Waals surface area contributed by atoms with Crippen LogP contribution >= 0.6 is 0 Å². The van der Waals surface area contributed by atoms with E-state index in [1.807, 2.05) is 13.8 Å². The molecule has 3 heteroatoms. The summed E-state index contributed by atoms with van der Waals surface area (Å²) in [5, 5.41) is 6.60. The minimum absolute atomic E-state index is 0.122. The molecular weight excluding hydrogens is 140 g/mol. The SMILES string of the molecule is CCCC(=O)c1cc(C)[nH]n1. The first-order chi connectivity index (χ1) is 5.24. The quantitative estimate of drug-likeness (QED) is 0.670. The molecule has 3 nitrogen and oxygen atoms in total. The molecule has 0 aliphatic rings. The molecule has 0 atom stereocenters. The number of carbonyl (C=O) groups is 1. The van der Waals surface area contributed by atoms with E-state index in [0.29, 0.717) is 12.1 Å². The second kappa shape index (κ2) is 3.32. The fourth-order valence-corrected chi connectivity index (χ4v) is 0.916. The zero-order valence-corrected chi connectivity index (χ0v) is 6.85. The second-order valence-electron chi connectivity index (χ2n) is 2.61. The lowest BCUT2D eigenvalue weighted by Gasteiger charge is -1.89. The summed E-state index contributed by atoms with van der Waals surface area (Å²) in [7, 11) is 0. The molecule has 0 amide bonds. The van der Waals surface area contributed by atoms with E-state index >= 15 is 0 Å². The Morgan fingerprint density at radius 1 is 1.73 bits per heavy atom. The van der Waals surface area contributed by atoms with Gasteiger partial charge in [0.15, 0.2) is 5.78 Å². The van der Waals surface area contributed by atoms with Crippen LogP contribution < -0.4 is 0 Å². The summed E-state index contributed by atoms with van der Waals surface area (Å²) in [5.74, 6) is 0.122. The topological polar surface area (TPSA) is 45.8 Å². The van der Waals surface area contributed by atoms with E-state index in [1.54, 1.807) is 6.07 Å². The molecule has 0 aliphatic heterocycles. The molecule has 1 aromatic heterocycles. The Labute approximate surface area is 65.8 Å². The highest BCUT2D eigenvalue weighted by atomic mass is 16.1. The smallest absolute Gasteiger partial charge is 0.183 e. The Morgan fingerprint density at radius 3 is 2.91 bits per heavy atom. The Kier molecular flexibility index (Phi) is 2.41. The maximum absolute atomic E-state index is 11.2.